The van der Waals surface area contributed by atoms with E-state index in [0.29, 0.717) is 24.3 Å². The van der Waals surface area contributed by atoms with Crippen LogP contribution in [0.4, 0.5) is 5.69 Å². The Bertz CT molecular complexity index is 686. The second-order valence-electron chi connectivity index (χ2n) is 5.08. The van der Waals surface area contributed by atoms with Crippen LogP contribution >= 0.6 is 11.8 Å². The molecule has 0 aromatic heterocycles. The highest BCUT2D eigenvalue weighted by atomic mass is 32.2. The van der Waals surface area contributed by atoms with E-state index < -0.39 is 11.2 Å². The Morgan fingerprint density at radius 3 is 2.78 bits per heavy atom. The summed E-state index contributed by atoms with van der Waals surface area (Å²) in [7, 11) is 1.31. The van der Waals surface area contributed by atoms with Gasteiger partial charge in [-0.1, -0.05) is 11.8 Å². The zero-order valence-electron chi connectivity index (χ0n) is 12.4. The summed E-state index contributed by atoms with van der Waals surface area (Å²) in [6, 6.07) is 6.38. The van der Waals surface area contributed by atoms with E-state index in [4.69, 9.17) is 0 Å². The maximum absolute atomic E-state index is 12.1. The van der Waals surface area contributed by atoms with Crippen molar-refractivity contribution in [3.8, 4) is 0 Å². The van der Waals surface area contributed by atoms with E-state index in [1.54, 1.807) is 29.2 Å². The molecular weight excluding hydrogens is 318 g/mol. The second-order valence-corrected chi connectivity index (χ2v) is 6.25. The number of nitrogens with one attached hydrogen (secondary N) is 1. The molecule has 1 N–H and O–H groups in total. The summed E-state index contributed by atoms with van der Waals surface area (Å²) >= 11 is 1.34. The number of methoxy groups -OCH3 is 1. The summed E-state index contributed by atoms with van der Waals surface area (Å²) in [5, 5.41) is 3.03. The van der Waals surface area contributed by atoms with Crippen molar-refractivity contribution in [2.24, 2.45) is 4.99 Å². The first-order valence-corrected chi connectivity index (χ1v) is 7.97. The molecule has 0 spiro atoms. The summed E-state index contributed by atoms with van der Waals surface area (Å²) in [5.74, 6) is -0.733. The number of benzene rings is 1. The molecule has 1 saturated heterocycles. The summed E-state index contributed by atoms with van der Waals surface area (Å²) in [6.07, 6.45) is 0.0950. The van der Waals surface area contributed by atoms with Gasteiger partial charge in [-0.25, -0.2) is 4.79 Å². The molecule has 120 valence electrons. The van der Waals surface area contributed by atoms with Crippen LogP contribution in [0.15, 0.2) is 29.3 Å². The molecule has 0 saturated carbocycles. The number of nitrogens with zero attached hydrogens (tertiary/aromatic N) is 2. The quantitative estimate of drug-likeness (QED) is 0.834. The Labute approximate surface area is 137 Å². The number of carbonyl (C=O) groups excluding carboxylic acids is 3. The van der Waals surface area contributed by atoms with Crippen LogP contribution < -0.4 is 5.32 Å². The van der Waals surface area contributed by atoms with Gasteiger partial charge < -0.3 is 10.1 Å². The minimum atomic E-state index is -0.433. The number of amidine groups is 1. The number of esters is 1. The standard InChI is InChI=1S/C15H15N3O4S/c1-22-14(21)9-2-4-10(5-3-9)17-12(19)8-11-13(20)18-7-6-16-15(18)23-11/h2-5,11H,6-8H2,1H3,(H,17,19)/t11-/m0/s1. The topological polar surface area (TPSA) is 88.1 Å². The van der Waals surface area contributed by atoms with E-state index >= 15 is 0 Å². The Morgan fingerprint density at radius 2 is 2.13 bits per heavy atom. The van der Waals surface area contributed by atoms with Gasteiger partial charge in [0.25, 0.3) is 0 Å². The lowest BCUT2D eigenvalue weighted by Gasteiger charge is -2.10. The molecule has 0 radical (unpaired) electrons. The smallest absolute Gasteiger partial charge is 0.337 e. The molecule has 0 unspecified atom stereocenters. The SMILES string of the molecule is COC(=O)c1ccc(NC(=O)C[C@@H]2SC3=NCCN3C2=O)cc1. The van der Waals surface area contributed by atoms with Gasteiger partial charge in [-0.3, -0.25) is 19.5 Å². The fourth-order valence-electron chi connectivity index (χ4n) is 2.40. The number of thioether (sulfide) groups is 1. The van der Waals surface area contributed by atoms with E-state index in [9.17, 15) is 14.4 Å². The van der Waals surface area contributed by atoms with Gasteiger partial charge in [-0.15, -0.1) is 0 Å². The molecule has 1 aromatic rings. The van der Waals surface area contributed by atoms with Gasteiger partial charge in [0.2, 0.25) is 11.8 Å². The molecule has 2 heterocycles. The average molecular weight is 333 g/mol. The molecule has 2 amide bonds. The normalized spacial score (nSPS) is 19.3. The molecule has 1 aromatic carbocycles. The highest BCUT2D eigenvalue weighted by Gasteiger charge is 2.40. The van der Waals surface area contributed by atoms with Gasteiger partial charge in [0.15, 0.2) is 5.17 Å². The van der Waals surface area contributed by atoms with Crippen LogP contribution in [-0.4, -0.2) is 53.3 Å². The number of aliphatic imine (C=N–C) groups is 1. The average Bonchev–Trinajstić information content (AvgIpc) is 3.11. The predicted molar refractivity (Wildman–Crippen MR) is 86.4 cm³/mol. The summed E-state index contributed by atoms with van der Waals surface area (Å²) in [6.45, 7) is 1.24. The molecule has 1 fully saturated rings. The van der Waals surface area contributed by atoms with E-state index in [-0.39, 0.29) is 18.2 Å². The van der Waals surface area contributed by atoms with E-state index in [0.717, 1.165) is 5.17 Å². The number of hydrogen-bond donors (Lipinski definition) is 1. The van der Waals surface area contributed by atoms with Crippen LogP contribution in [0.25, 0.3) is 0 Å². The van der Waals surface area contributed by atoms with Gasteiger partial charge in [0.1, 0.15) is 5.25 Å². The van der Waals surface area contributed by atoms with Crippen LogP contribution in [0.2, 0.25) is 0 Å². The second kappa shape index (κ2) is 6.41. The highest BCUT2D eigenvalue weighted by Crippen LogP contribution is 2.31. The monoisotopic (exact) mass is 333 g/mol. The summed E-state index contributed by atoms with van der Waals surface area (Å²) in [5.41, 5.74) is 0.974. The fourth-order valence-corrected chi connectivity index (χ4v) is 3.59. The lowest BCUT2D eigenvalue weighted by molar-refractivity contribution is -0.127. The number of carbonyl (C=O) groups is 3. The van der Waals surface area contributed by atoms with Gasteiger partial charge in [0, 0.05) is 18.7 Å². The van der Waals surface area contributed by atoms with Crippen LogP contribution in [0.1, 0.15) is 16.8 Å². The third kappa shape index (κ3) is 3.21. The molecule has 3 rings (SSSR count). The molecule has 1 atom stereocenters. The third-order valence-electron chi connectivity index (χ3n) is 3.55. The zero-order chi connectivity index (χ0) is 16.4. The first-order valence-electron chi connectivity index (χ1n) is 7.09. The molecule has 2 aliphatic heterocycles. The maximum atomic E-state index is 12.1. The number of amides is 2. The van der Waals surface area contributed by atoms with Crippen molar-refractivity contribution in [1.29, 1.82) is 0 Å². The number of fused-ring (bicyclic) bond motifs is 1. The first-order chi connectivity index (χ1) is 11.1. The van der Waals surface area contributed by atoms with Crippen molar-refractivity contribution >= 4 is 40.4 Å². The van der Waals surface area contributed by atoms with Crippen molar-refractivity contribution in [3.63, 3.8) is 0 Å². The van der Waals surface area contributed by atoms with Crippen molar-refractivity contribution < 1.29 is 19.1 Å². The van der Waals surface area contributed by atoms with E-state index in [1.807, 2.05) is 0 Å². The van der Waals surface area contributed by atoms with Crippen LogP contribution in [0.5, 0.6) is 0 Å². The minimum Gasteiger partial charge on any atom is -0.465 e. The maximum Gasteiger partial charge on any atom is 0.337 e. The minimum absolute atomic E-state index is 0.0533. The number of ether oxygens (including phenoxy) is 1. The summed E-state index contributed by atoms with van der Waals surface area (Å²) < 4.78 is 4.61. The molecule has 0 bridgehead atoms. The molecule has 0 aliphatic carbocycles. The highest BCUT2D eigenvalue weighted by molar-refractivity contribution is 8.15. The lowest BCUT2D eigenvalue weighted by Crippen LogP contribution is -2.32. The van der Waals surface area contributed by atoms with Crippen LogP contribution in [0, 0.1) is 0 Å². The molecule has 23 heavy (non-hydrogen) atoms. The number of rotatable bonds is 4. The van der Waals surface area contributed by atoms with Gasteiger partial charge >= 0.3 is 5.97 Å². The molecule has 8 heteroatoms. The van der Waals surface area contributed by atoms with Crippen molar-refractivity contribution in [2.45, 2.75) is 11.7 Å². The Kier molecular flexibility index (Phi) is 4.33. The van der Waals surface area contributed by atoms with Gasteiger partial charge in [-0.2, -0.15) is 0 Å². The lowest BCUT2D eigenvalue weighted by atomic mass is 10.2. The van der Waals surface area contributed by atoms with E-state index in [1.165, 1.54) is 18.9 Å². The fraction of sp³-hybridized carbons (Fsp3) is 0.333. The predicted octanol–water partition coefficient (Wildman–Crippen LogP) is 1.12. The van der Waals surface area contributed by atoms with Crippen molar-refractivity contribution in [2.75, 3.05) is 25.5 Å². The third-order valence-corrected chi connectivity index (χ3v) is 4.76. The van der Waals surface area contributed by atoms with Crippen LogP contribution in [-0.2, 0) is 14.3 Å². The first kappa shape index (κ1) is 15.5. The van der Waals surface area contributed by atoms with E-state index in [2.05, 4.69) is 15.0 Å². The van der Waals surface area contributed by atoms with Crippen molar-refractivity contribution in [3.05, 3.63) is 29.8 Å². The van der Waals surface area contributed by atoms with Gasteiger partial charge in [0.05, 0.1) is 19.2 Å². The summed E-state index contributed by atoms with van der Waals surface area (Å²) in [4.78, 5) is 41.4. The van der Waals surface area contributed by atoms with Crippen molar-refractivity contribution in [1.82, 2.24) is 4.90 Å². The molecule has 7 nitrogen and oxygen atoms in total. The Hall–Kier alpha value is -2.35. The van der Waals surface area contributed by atoms with Gasteiger partial charge in [-0.05, 0) is 24.3 Å². The molecule has 2 aliphatic rings. The van der Waals surface area contributed by atoms with Crippen LogP contribution in [0.3, 0.4) is 0 Å². The zero-order valence-corrected chi connectivity index (χ0v) is 13.3. The molecular formula is C15H15N3O4S. The number of hydrogen-bond acceptors (Lipinski definition) is 6. The Morgan fingerprint density at radius 1 is 1.39 bits per heavy atom. The largest absolute Gasteiger partial charge is 0.465 e. The Balaban J connectivity index is 1.57. The number of anilines is 1.